The number of aliphatic carboxylic acids is 1. The maximum Gasteiger partial charge on any atom is 0.326 e. The van der Waals surface area contributed by atoms with Crippen LogP contribution in [0, 0.1) is 0 Å². The summed E-state index contributed by atoms with van der Waals surface area (Å²) in [5, 5.41) is 9.29. The highest BCUT2D eigenvalue weighted by Crippen LogP contribution is 2.19. The second-order valence-electron chi connectivity index (χ2n) is 5.43. The number of hydrogen-bond acceptors (Lipinski definition) is 2. The van der Waals surface area contributed by atoms with Gasteiger partial charge in [0.05, 0.1) is 0 Å². The van der Waals surface area contributed by atoms with Crippen LogP contribution in [0.4, 0.5) is 4.79 Å². The molecule has 0 spiro atoms. The Bertz CT molecular complexity index is 320. The zero-order valence-electron chi connectivity index (χ0n) is 12.3. The average molecular weight is 270 g/mol. The maximum absolute atomic E-state index is 12.5. The second-order valence-corrected chi connectivity index (χ2v) is 5.43. The number of urea groups is 1. The Labute approximate surface area is 115 Å². The van der Waals surface area contributed by atoms with E-state index in [4.69, 9.17) is 0 Å². The van der Waals surface area contributed by atoms with E-state index < -0.39 is 12.0 Å². The summed E-state index contributed by atoms with van der Waals surface area (Å²) in [6.07, 6.45) is 5.30. The molecule has 0 radical (unpaired) electrons. The molecule has 1 aliphatic heterocycles. The summed E-state index contributed by atoms with van der Waals surface area (Å²) >= 11 is 0. The molecule has 5 heteroatoms. The standard InChI is InChI=1S/C14H26N2O3/c1-4-8-11(2)15(3)14(19)16-10-7-5-6-9-12(16)13(17)18/h11-12H,4-10H2,1-3H3,(H,17,18). The van der Waals surface area contributed by atoms with E-state index >= 15 is 0 Å². The van der Waals surface area contributed by atoms with Crippen molar-refractivity contribution in [2.45, 2.75) is 64.5 Å². The minimum atomic E-state index is -0.883. The van der Waals surface area contributed by atoms with Crippen LogP contribution in [0.15, 0.2) is 0 Å². The van der Waals surface area contributed by atoms with E-state index in [1.165, 1.54) is 0 Å². The number of amides is 2. The molecule has 2 unspecified atom stereocenters. The lowest BCUT2D eigenvalue weighted by Gasteiger charge is -2.34. The van der Waals surface area contributed by atoms with Gasteiger partial charge in [-0.15, -0.1) is 0 Å². The van der Waals surface area contributed by atoms with Crippen molar-refractivity contribution in [3.8, 4) is 0 Å². The van der Waals surface area contributed by atoms with Gasteiger partial charge in [-0.25, -0.2) is 9.59 Å². The summed E-state index contributed by atoms with van der Waals surface area (Å²) in [5.41, 5.74) is 0. The number of carbonyl (C=O) groups excluding carboxylic acids is 1. The molecule has 0 saturated carbocycles. The quantitative estimate of drug-likeness (QED) is 0.854. The lowest BCUT2D eigenvalue weighted by Crippen LogP contribution is -2.51. The summed E-state index contributed by atoms with van der Waals surface area (Å²) in [6.45, 7) is 4.65. The molecule has 1 rings (SSSR count). The van der Waals surface area contributed by atoms with Gasteiger partial charge in [0, 0.05) is 19.6 Å². The molecule has 1 aliphatic rings. The van der Waals surface area contributed by atoms with E-state index in [1.54, 1.807) is 16.8 Å². The SMILES string of the molecule is CCCC(C)N(C)C(=O)N1CCCCCC1C(=O)O. The zero-order valence-corrected chi connectivity index (χ0v) is 12.3. The van der Waals surface area contributed by atoms with Gasteiger partial charge in [0.15, 0.2) is 0 Å². The van der Waals surface area contributed by atoms with E-state index in [9.17, 15) is 14.7 Å². The highest BCUT2D eigenvalue weighted by molar-refractivity contribution is 5.82. The molecule has 0 bridgehead atoms. The summed E-state index contributed by atoms with van der Waals surface area (Å²) in [4.78, 5) is 27.0. The van der Waals surface area contributed by atoms with Crippen LogP contribution in [-0.4, -0.2) is 52.6 Å². The van der Waals surface area contributed by atoms with Crippen molar-refractivity contribution in [2.75, 3.05) is 13.6 Å². The predicted octanol–water partition coefficient (Wildman–Crippen LogP) is 2.56. The molecule has 1 N–H and O–H groups in total. The Morgan fingerprint density at radius 2 is 2.05 bits per heavy atom. The van der Waals surface area contributed by atoms with Crippen LogP contribution in [0.1, 0.15) is 52.4 Å². The molecule has 19 heavy (non-hydrogen) atoms. The molecule has 0 aromatic rings. The van der Waals surface area contributed by atoms with Crippen molar-refractivity contribution in [2.24, 2.45) is 0 Å². The first kappa shape index (κ1) is 15.8. The molecule has 0 aromatic carbocycles. The van der Waals surface area contributed by atoms with Crippen molar-refractivity contribution >= 4 is 12.0 Å². The van der Waals surface area contributed by atoms with Gasteiger partial charge in [0.1, 0.15) is 6.04 Å². The van der Waals surface area contributed by atoms with Crippen LogP contribution < -0.4 is 0 Å². The Balaban J connectivity index is 2.77. The first-order chi connectivity index (χ1) is 8.99. The molecule has 1 heterocycles. The molecule has 2 amide bonds. The van der Waals surface area contributed by atoms with E-state index in [-0.39, 0.29) is 12.1 Å². The van der Waals surface area contributed by atoms with Gasteiger partial charge in [-0.1, -0.05) is 26.2 Å². The van der Waals surface area contributed by atoms with Gasteiger partial charge < -0.3 is 14.9 Å². The smallest absolute Gasteiger partial charge is 0.326 e. The highest BCUT2D eigenvalue weighted by atomic mass is 16.4. The third-order valence-electron chi connectivity index (χ3n) is 3.95. The summed E-state index contributed by atoms with van der Waals surface area (Å²) < 4.78 is 0. The van der Waals surface area contributed by atoms with Gasteiger partial charge in [0.2, 0.25) is 0 Å². The van der Waals surface area contributed by atoms with E-state index in [0.717, 1.165) is 32.1 Å². The Kier molecular flexibility index (Phi) is 6.12. The Morgan fingerprint density at radius 1 is 1.37 bits per heavy atom. The van der Waals surface area contributed by atoms with Crippen molar-refractivity contribution in [3.63, 3.8) is 0 Å². The van der Waals surface area contributed by atoms with Crippen LogP contribution in [0.2, 0.25) is 0 Å². The number of nitrogens with zero attached hydrogens (tertiary/aromatic N) is 2. The molecule has 0 aliphatic carbocycles. The fraction of sp³-hybridized carbons (Fsp3) is 0.857. The van der Waals surface area contributed by atoms with Gasteiger partial charge in [-0.05, 0) is 26.2 Å². The molecule has 0 aromatic heterocycles. The van der Waals surface area contributed by atoms with Crippen molar-refractivity contribution in [3.05, 3.63) is 0 Å². The normalized spacial score (nSPS) is 21.6. The average Bonchev–Trinajstić information content (AvgIpc) is 2.62. The lowest BCUT2D eigenvalue weighted by atomic mass is 10.1. The van der Waals surface area contributed by atoms with Gasteiger partial charge in [0.25, 0.3) is 0 Å². The van der Waals surface area contributed by atoms with Crippen LogP contribution in [0.5, 0.6) is 0 Å². The number of carboxylic acid groups (broad SMARTS) is 1. The van der Waals surface area contributed by atoms with Crippen LogP contribution in [0.3, 0.4) is 0 Å². The van der Waals surface area contributed by atoms with Crippen LogP contribution in [0.25, 0.3) is 0 Å². The number of carboxylic acids is 1. The number of hydrogen-bond donors (Lipinski definition) is 1. The Morgan fingerprint density at radius 3 is 2.63 bits per heavy atom. The van der Waals surface area contributed by atoms with Gasteiger partial charge in [-0.2, -0.15) is 0 Å². The summed E-state index contributed by atoms with van der Waals surface area (Å²) in [5.74, 6) is -0.883. The largest absolute Gasteiger partial charge is 0.480 e. The zero-order chi connectivity index (χ0) is 14.4. The lowest BCUT2D eigenvalue weighted by molar-refractivity contribution is -0.142. The van der Waals surface area contributed by atoms with Crippen LogP contribution in [-0.2, 0) is 4.79 Å². The van der Waals surface area contributed by atoms with E-state index in [1.807, 2.05) is 6.92 Å². The first-order valence-electron chi connectivity index (χ1n) is 7.25. The fourth-order valence-electron chi connectivity index (χ4n) is 2.60. The maximum atomic E-state index is 12.5. The van der Waals surface area contributed by atoms with Gasteiger partial charge in [-0.3, -0.25) is 0 Å². The fourth-order valence-corrected chi connectivity index (χ4v) is 2.60. The molecule has 1 saturated heterocycles. The Hall–Kier alpha value is -1.26. The minimum absolute atomic E-state index is 0.143. The monoisotopic (exact) mass is 270 g/mol. The minimum Gasteiger partial charge on any atom is -0.480 e. The predicted molar refractivity (Wildman–Crippen MR) is 74.1 cm³/mol. The summed E-state index contributed by atoms with van der Waals surface area (Å²) in [7, 11) is 1.77. The number of carbonyl (C=O) groups is 2. The van der Waals surface area contributed by atoms with Crippen molar-refractivity contribution in [1.29, 1.82) is 0 Å². The highest BCUT2D eigenvalue weighted by Gasteiger charge is 2.33. The van der Waals surface area contributed by atoms with Crippen molar-refractivity contribution < 1.29 is 14.7 Å². The van der Waals surface area contributed by atoms with Crippen molar-refractivity contribution in [1.82, 2.24) is 9.80 Å². The number of likely N-dealkylation sites (tertiary alicyclic amines) is 1. The van der Waals surface area contributed by atoms with Crippen LogP contribution >= 0.6 is 0 Å². The third-order valence-corrected chi connectivity index (χ3v) is 3.95. The van der Waals surface area contributed by atoms with E-state index in [2.05, 4.69) is 6.92 Å². The molecule has 2 atom stereocenters. The molecule has 5 nitrogen and oxygen atoms in total. The van der Waals surface area contributed by atoms with Gasteiger partial charge >= 0.3 is 12.0 Å². The first-order valence-corrected chi connectivity index (χ1v) is 7.25. The molecule has 1 fully saturated rings. The van der Waals surface area contributed by atoms with E-state index in [0.29, 0.717) is 13.0 Å². The third kappa shape index (κ3) is 4.11. The summed E-state index contributed by atoms with van der Waals surface area (Å²) in [6, 6.07) is -0.656. The second kappa shape index (κ2) is 7.36. The topological polar surface area (TPSA) is 60.9 Å². The molecule has 110 valence electrons. The molecular formula is C14H26N2O3. The number of rotatable bonds is 4. The molecular weight excluding hydrogens is 244 g/mol.